The maximum absolute atomic E-state index is 14.0. The third-order valence-corrected chi connectivity index (χ3v) is 6.26. The Morgan fingerprint density at radius 2 is 1.73 bits per heavy atom. The SMILES string of the molecule is C=C(C)C=CCC(CC(CC)N=C(NC(=O)c1ccc(F)c(F)c1)Nc1cc(F)cc(Cl)c1)c1ccc(F)cc1. The van der Waals surface area contributed by atoms with Crippen molar-refractivity contribution in [2.75, 3.05) is 5.32 Å². The van der Waals surface area contributed by atoms with Crippen LogP contribution >= 0.6 is 11.6 Å². The number of guanidine groups is 1. The lowest BCUT2D eigenvalue weighted by atomic mass is 9.88. The molecule has 2 atom stereocenters. The third kappa shape index (κ3) is 9.38. The highest BCUT2D eigenvalue weighted by Crippen LogP contribution is 2.28. The van der Waals surface area contributed by atoms with Gasteiger partial charge in [0.1, 0.15) is 11.6 Å². The van der Waals surface area contributed by atoms with Gasteiger partial charge in [0, 0.05) is 16.3 Å². The van der Waals surface area contributed by atoms with E-state index in [2.05, 4.69) is 17.2 Å². The zero-order valence-corrected chi connectivity index (χ0v) is 22.9. The van der Waals surface area contributed by atoms with E-state index in [4.69, 9.17) is 16.6 Å². The van der Waals surface area contributed by atoms with E-state index in [1.54, 1.807) is 12.1 Å². The summed E-state index contributed by atoms with van der Waals surface area (Å²) in [5.41, 5.74) is 1.90. The van der Waals surface area contributed by atoms with Crippen LogP contribution in [0.25, 0.3) is 0 Å². The number of nitrogens with zero attached hydrogens (tertiary/aromatic N) is 1. The Hall–Kier alpha value is -3.91. The summed E-state index contributed by atoms with van der Waals surface area (Å²) in [4.78, 5) is 17.6. The van der Waals surface area contributed by atoms with E-state index >= 15 is 0 Å². The minimum atomic E-state index is -1.17. The summed E-state index contributed by atoms with van der Waals surface area (Å²) in [6, 6.07) is 12.4. The first-order valence-corrected chi connectivity index (χ1v) is 13.1. The summed E-state index contributed by atoms with van der Waals surface area (Å²) in [5.74, 6) is -4.03. The van der Waals surface area contributed by atoms with Gasteiger partial charge in [0.15, 0.2) is 11.6 Å². The molecule has 0 aromatic heterocycles. The van der Waals surface area contributed by atoms with Crippen LogP contribution in [0, 0.1) is 23.3 Å². The van der Waals surface area contributed by atoms with Crippen LogP contribution in [0.1, 0.15) is 54.9 Å². The second-order valence-electron chi connectivity index (χ2n) is 9.37. The highest BCUT2D eigenvalue weighted by molar-refractivity contribution is 6.31. The van der Waals surface area contributed by atoms with Crippen molar-refractivity contribution in [1.82, 2.24) is 5.32 Å². The number of carbonyl (C=O) groups is 1. The second-order valence-corrected chi connectivity index (χ2v) is 9.81. The normalized spacial score (nSPS) is 13.2. The molecule has 3 rings (SSSR count). The largest absolute Gasteiger partial charge is 0.326 e. The van der Waals surface area contributed by atoms with Crippen LogP contribution in [-0.2, 0) is 0 Å². The van der Waals surface area contributed by atoms with Crippen LogP contribution in [0.2, 0.25) is 5.02 Å². The Morgan fingerprint density at radius 3 is 2.35 bits per heavy atom. The van der Waals surface area contributed by atoms with Crippen molar-refractivity contribution in [3.63, 3.8) is 0 Å². The summed E-state index contributed by atoms with van der Waals surface area (Å²) in [6.45, 7) is 7.69. The maximum atomic E-state index is 14.0. The minimum absolute atomic E-state index is 0.0291. The van der Waals surface area contributed by atoms with Crippen LogP contribution < -0.4 is 10.6 Å². The summed E-state index contributed by atoms with van der Waals surface area (Å²) in [6.07, 6.45) is 5.62. The number of hydrogen-bond acceptors (Lipinski definition) is 2. The molecule has 0 bridgehead atoms. The molecule has 4 nitrogen and oxygen atoms in total. The second kappa shape index (κ2) is 14.5. The first kappa shape index (κ1) is 30.6. The first-order valence-electron chi connectivity index (χ1n) is 12.7. The van der Waals surface area contributed by atoms with Crippen molar-refractivity contribution >= 4 is 29.2 Å². The fourth-order valence-corrected chi connectivity index (χ4v) is 4.26. The summed E-state index contributed by atoms with van der Waals surface area (Å²) in [7, 11) is 0. The van der Waals surface area contributed by atoms with Gasteiger partial charge in [-0.25, -0.2) is 22.6 Å². The van der Waals surface area contributed by atoms with Gasteiger partial charge in [0.2, 0.25) is 5.96 Å². The topological polar surface area (TPSA) is 53.5 Å². The number of anilines is 1. The molecule has 0 saturated heterocycles. The maximum Gasteiger partial charge on any atom is 0.258 e. The number of benzene rings is 3. The van der Waals surface area contributed by atoms with Crippen molar-refractivity contribution in [3.05, 3.63) is 124 Å². The molecule has 0 aliphatic carbocycles. The van der Waals surface area contributed by atoms with E-state index in [0.29, 0.717) is 19.3 Å². The zero-order valence-electron chi connectivity index (χ0n) is 22.2. The number of amides is 1. The molecule has 0 heterocycles. The van der Waals surface area contributed by atoms with E-state index in [-0.39, 0.29) is 40.0 Å². The molecule has 2 unspecified atom stereocenters. The number of carbonyl (C=O) groups excluding carboxylic acids is 1. The van der Waals surface area contributed by atoms with Crippen molar-refractivity contribution in [2.24, 2.45) is 4.99 Å². The molecular formula is C31H30ClF4N3O. The van der Waals surface area contributed by atoms with Crippen molar-refractivity contribution in [2.45, 2.75) is 45.1 Å². The quantitative estimate of drug-likeness (QED) is 0.111. The number of halogens is 5. The van der Waals surface area contributed by atoms with Crippen LogP contribution in [0.3, 0.4) is 0 Å². The van der Waals surface area contributed by atoms with Gasteiger partial charge in [0.05, 0.1) is 6.04 Å². The number of nitrogens with one attached hydrogen (secondary N) is 2. The van der Waals surface area contributed by atoms with E-state index in [9.17, 15) is 22.4 Å². The van der Waals surface area contributed by atoms with E-state index < -0.39 is 23.4 Å². The van der Waals surface area contributed by atoms with Gasteiger partial charge in [-0.2, -0.15) is 0 Å². The molecule has 3 aromatic rings. The molecule has 0 saturated carbocycles. The average molecular weight is 572 g/mol. The van der Waals surface area contributed by atoms with Crippen LogP contribution in [0.5, 0.6) is 0 Å². The lowest BCUT2D eigenvalue weighted by Gasteiger charge is -2.22. The van der Waals surface area contributed by atoms with Crippen LogP contribution in [-0.4, -0.2) is 17.9 Å². The van der Waals surface area contributed by atoms with Gasteiger partial charge in [-0.3, -0.25) is 10.1 Å². The van der Waals surface area contributed by atoms with Gasteiger partial charge in [-0.15, -0.1) is 0 Å². The smallest absolute Gasteiger partial charge is 0.258 e. The van der Waals surface area contributed by atoms with Gasteiger partial charge in [-0.1, -0.05) is 55.0 Å². The molecule has 0 aliphatic rings. The zero-order chi connectivity index (χ0) is 29.2. The summed E-state index contributed by atoms with van der Waals surface area (Å²) >= 11 is 6.00. The number of hydrogen-bond donors (Lipinski definition) is 2. The molecule has 0 radical (unpaired) electrons. The molecule has 0 aliphatic heterocycles. The lowest BCUT2D eigenvalue weighted by molar-refractivity contribution is 0.0976. The lowest BCUT2D eigenvalue weighted by Crippen LogP contribution is -2.37. The Labute approximate surface area is 236 Å². The Bertz CT molecular complexity index is 1390. The fourth-order valence-electron chi connectivity index (χ4n) is 4.03. The predicted molar refractivity (Wildman–Crippen MR) is 153 cm³/mol. The highest BCUT2D eigenvalue weighted by Gasteiger charge is 2.19. The molecule has 210 valence electrons. The number of rotatable bonds is 10. The molecule has 0 fully saturated rings. The Balaban J connectivity index is 1.94. The van der Waals surface area contributed by atoms with Crippen LogP contribution in [0.4, 0.5) is 23.2 Å². The van der Waals surface area contributed by atoms with Gasteiger partial charge in [0.25, 0.3) is 5.91 Å². The van der Waals surface area contributed by atoms with E-state index in [0.717, 1.165) is 35.4 Å². The van der Waals surface area contributed by atoms with Crippen LogP contribution in [0.15, 0.2) is 90.0 Å². The molecule has 0 spiro atoms. The molecule has 9 heteroatoms. The fraction of sp³-hybridized carbons (Fsp3) is 0.226. The van der Waals surface area contributed by atoms with Crippen molar-refractivity contribution < 1.29 is 22.4 Å². The standard InChI is InChI=1S/C31H30ClF4N3O/c1-4-26(14-21(7-5-6-19(2)3)20-8-11-24(33)12-9-20)37-31(38-27-17-23(32)16-25(34)18-27)39-30(40)22-10-13-28(35)29(36)15-22/h5-6,8-13,15-18,21,26H,2,4,7,14H2,1,3H3,(H2,37,38,39,40). The Kier molecular flexibility index (Phi) is 11.1. The van der Waals surface area contributed by atoms with E-state index in [1.165, 1.54) is 24.3 Å². The average Bonchev–Trinajstić information content (AvgIpc) is 2.88. The van der Waals surface area contributed by atoms with Crippen molar-refractivity contribution in [1.29, 1.82) is 0 Å². The monoisotopic (exact) mass is 571 g/mol. The third-order valence-electron chi connectivity index (χ3n) is 6.04. The minimum Gasteiger partial charge on any atom is -0.326 e. The molecular weight excluding hydrogens is 542 g/mol. The number of allylic oxidation sites excluding steroid dienone is 3. The van der Waals surface area contributed by atoms with Crippen molar-refractivity contribution in [3.8, 4) is 0 Å². The molecule has 3 aromatic carbocycles. The number of aliphatic imine (C=N–C) groups is 1. The summed E-state index contributed by atoms with van der Waals surface area (Å²) in [5, 5.41) is 5.59. The van der Waals surface area contributed by atoms with Gasteiger partial charge < -0.3 is 5.32 Å². The first-order chi connectivity index (χ1) is 19.0. The van der Waals surface area contributed by atoms with Gasteiger partial charge in [-0.05, 0) is 86.2 Å². The summed E-state index contributed by atoms with van der Waals surface area (Å²) < 4.78 is 54.8. The Morgan fingerprint density at radius 1 is 1.00 bits per heavy atom. The molecule has 2 N–H and O–H groups in total. The molecule has 1 amide bonds. The predicted octanol–water partition coefficient (Wildman–Crippen LogP) is 8.57. The van der Waals surface area contributed by atoms with Gasteiger partial charge >= 0.3 is 0 Å². The van der Waals surface area contributed by atoms with E-state index in [1.807, 2.05) is 26.0 Å². The highest BCUT2D eigenvalue weighted by atomic mass is 35.5. The molecule has 40 heavy (non-hydrogen) atoms.